The van der Waals surface area contributed by atoms with Gasteiger partial charge >= 0.3 is 0 Å². The molecule has 3 aromatic rings. The maximum absolute atomic E-state index is 12.9. The van der Waals surface area contributed by atoms with Gasteiger partial charge in [-0.3, -0.25) is 4.79 Å². The number of carbonyl (C=O) groups is 1. The van der Waals surface area contributed by atoms with Crippen LogP contribution in [0.2, 0.25) is 0 Å². The van der Waals surface area contributed by atoms with Crippen LogP contribution in [0.15, 0.2) is 46.8 Å². The fraction of sp³-hybridized carbons (Fsp3) is 0.435. The van der Waals surface area contributed by atoms with E-state index < -0.39 is 10.0 Å². The average molecular weight is 458 g/mol. The van der Waals surface area contributed by atoms with E-state index in [9.17, 15) is 13.2 Å². The highest BCUT2D eigenvalue weighted by Crippen LogP contribution is 2.33. The molecule has 2 saturated heterocycles. The first-order valence-electron chi connectivity index (χ1n) is 10.9. The molecule has 2 aliphatic rings. The Labute approximate surface area is 186 Å². The van der Waals surface area contributed by atoms with Crippen molar-refractivity contribution in [2.75, 3.05) is 26.2 Å². The maximum Gasteiger partial charge on any atom is 0.252 e. The van der Waals surface area contributed by atoms with Crippen LogP contribution in [-0.2, 0) is 21.2 Å². The van der Waals surface area contributed by atoms with E-state index in [1.165, 1.54) is 22.3 Å². The third-order valence-corrected chi connectivity index (χ3v) is 9.98. The molecular weight excluding hydrogens is 430 g/mol. The molecule has 2 fully saturated rings. The molecule has 0 atom stereocenters. The van der Waals surface area contributed by atoms with Gasteiger partial charge in [-0.25, -0.2) is 8.42 Å². The number of thiophene rings is 1. The SMILES string of the molecule is O=C(Cc1ccc(S(=O)(=O)N2CCCC2)s1)N1CCC(c2c[nH]c3ccccc23)CC1. The van der Waals surface area contributed by atoms with Gasteiger partial charge in [-0.2, -0.15) is 4.31 Å². The highest BCUT2D eigenvalue weighted by molar-refractivity contribution is 7.91. The van der Waals surface area contributed by atoms with Gasteiger partial charge in [-0.15, -0.1) is 11.3 Å². The van der Waals surface area contributed by atoms with Crippen LogP contribution < -0.4 is 0 Å². The minimum absolute atomic E-state index is 0.0874. The van der Waals surface area contributed by atoms with Gasteiger partial charge in [0.2, 0.25) is 5.91 Å². The number of sulfonamides is 1. The number of nitrogens with one attached hydrogen (secondary N) is 1. The number of aromatic amines is 1. The summed E-state index contributed by atoms with van der Waals surface area (Å²) in [5.74, 6) is 0.545. The summed E-state index contributed by atoms with van der Waals surface area (Å²) in [5.41, 5.74) is 2.51. The minimum atomic E-state index is -3.40. The van der Waals surface area contributed by atoms with Crippen LogP contribution in [0.4, 0.5) is 0 Å². The molecule has 31 heavy (non-hydrogen) atoms. The molecule has 1 N–H and O–H groups in total. The zero-order chi connectivity index (χ0) is 21.4. The Balaban J connectivity index is 1.20. The first-order chi connectivity index (χ1) is 15.0. The number of carbonyl (C=O) groups excluding carboxylic acids is 1. The maximum atomic E-state index is 12.9. The van der Waals surface area contributed by atoms with E-state index in [-0.39, 0.29) is 12.3 Å². The van der Waals surface area contributed by atoms with Gasteiger partial charge in [0.15, 0.2) is 0 Å². The standard InChI is InChI=1S/C23H27N3O3S2/c27-22(15-18-7-8-23(30-18)31(28,29)26-11-3-4-12-26)25-13-9-17(10-14-25)20-16-24-21-6-2-1-5-19(20)21/h1-2,5-8,16-17,24H,3-4,9-15H2. The second-order valence-corrected chi connectivity index (χ2v) is 11.8. The number of likely N-dealkylation sites (tertiary alicyclic amines) is 1. The van der Waals surface area contributed by atoms with Gasteiger partial charge in [-0.05, 0) is 55.4 Å². The van der Waals surface area contributed by atoms with Crippen molar-refractivity contribution < 1.29 is 13.2 Å². The number of fused-ring (bicyclic) bond motifs is 1. The molecule has 0 spiro atoms. The van der Waals surface area contributed by atoms with Gasteiger partial charge < -0.3 is 9.88 Å². The van der Waals surface area contributed by atoms with E-state index in [0.717, 1.165) is 49.2 Å². The Kier molecular flexibility index (Phi) is 5.62. The van der Waals surface area contributed by atoms with Crippen LogP contribution in [0.1, 0.15) is 42.0 Å². The molecule has 0 unspecified atom stereocenters. The predicted octanol–water partition coefficient (Wildman–Crippen LogP) is 3.96. The smallest absolute Gasteiger partial charge is 0.252 e. The van der Waals surface area contributed by atoms with E-state index in [1.807, 2.05) is 11.0 Å². The van der Waals surface area contributed by atoms with E-state index in [4.69, 9.17) is 0 Å². The van der Waals surface area contributed by atoms with Gasteiger partial charge in [0.25, 0.3) is 10.0 Å². The fourth-order valence-electron chi connectivity index (χ4n) is 4.78. The number of H-pyrrole nitrogens is 1. The molecule has 5 rings (SSSR count). The van der Waals surface area contributed by atoms with Crippen molar-refractivity contribution in [1.29, 1.82) is 0 Å². The number of hydrogen-bond donors (Lipinski definition) is 1. The summed E-state index contributed by atoms with van der Waals surface area (Å²) in [7, 11) is -3.40. The second-order valence-electron chi connectivity index (χ2n) is 8.45. The van der Waals surface area contributed by atoms with Gasteiger partial charge in [-0.1, -0.05) is 18.2 Å². The Morgan fingerprint density at radius 2 is 1.77 bits per heavy atom. The molecule has 2 aliphatic heterocycles. The molecule has 2 aromatic heterocycles. The number of amides is 1. The molecule has 0 radical (unpaired) electrons. The fourth-order valence-corrected chi connectivity index (χ4v) is 7.80. The third kappa shape index (κ3) is 4.04. The van der Waals surface area contributed by atoms with E-state index in [2.05, 4.69) is 29.4 Å². The van der Waals surface area contributed by atoms with Crippen LogP contribution in [0.5, 0.6) is 0 Å². The summed E-state index contributed by atoms with van der Waals surface area (Å²) in [6.45, 7) is 2.68. The van der Waals surface area contributed by atoms with Crippen LogP contribution in [0.25, 0.3) is 10.9 Å². The minimum Gasteiger partial charge on any atom is -0.361 e. The summed E-state index contributed by atoms with van der Waals surface area (Å²) in [5, 5.41) is 1.28. The van der Waals surface area contributed by atoms with Crippen molar-refractivity contribution >= 4 is 38.2 Å². The van der Waals surface area contributed by atoms with Gasteiger partial charge in [0.05, 0.1) is 6.42 Å². The van der Waals surface area contributed by atoms with Crippen LogP contribution >= 0.6 is 11.3 Å². The number of piperidine rings is 1. The van der Waals surface area contributed by atoms with E-state index in [1.54, 1.807) is 16.4 Å². The molecule has 1 amide bonds. The summed E-state index contributed by atoms with van der Waals surface area (Å²) in [6, 6.07) is 11.8. The van der Waals surface area contributed by atoms with Crippen molar-refractivity contribution in [2.24, 2.45) is 0 Å². The van der Waals surface area contributed by atoms with Crippen molar-refractivity contribution in [3.63, 3.8) is 0 Å². The largest absolute Gasteiger partial charge is 0.361 e. The predicted molar refractivity (Wildman–Crippen MR) is 123 cm³/mol. The lowest BCUT2D eigenvalue weighted by Crippen LogP contribution is -2.38. The first-order valence-corrected chi connectivity index (χ1v) is 13.2. The summed E-state index contributed by atoms with van der Waals surface area (Å²) >= 11 is 1.24. The Hall–Kier alpha value is -2.16. The number of rotatable bonds is 5. The highest BCUT2D eigenvalue weighted by Gasteiger charge is 2.29. The van der Waals surface area contributed by atoms with Crippen molar-refractivity contribution in [1.82, 2.24) is 14.2 Å². The van der Waals surface area contributed by atoms with Crippen LogP contribution in [-0.4, -0.2) is 54.7 Å². The number of nitrogens with zero attached hydrogens (tertiary/aromatic N) is 2. The lowest BCUT2D eigenvalue weighted by molar-refractivity contribution is -0.131. The molecule has 1 aromatic carbocycles. The molecular formula is C23H27N3O3S2. The average Bonchev–Trinajstić information content (AvgIpc) is 3.54. The molecule has 164 valence electrons. The summed E-state index contributed by atoms with van der Waals surface area (Å²) < 4.78 is 27.3. The zero-order valence-electron chi connectivity index (χ0n) is 17.4. The zero-order valence-corrected chi connectivity index (χ0v) is 19.1. The number of para-hydroxylation sites is 1. The molecule has 8 heteroatoms. The van der Waals surface area contributed by atoms with E-state index in [0.29, 0.717) is 23.2 Å². The first kappa shape index (κ1) is 20.7. The normalized spacial score (nSPS) is 18.8. The highest BCUT2D eigenvalue weighted by atomic mass is 32.2. The second kappa shape index (κ2) is 8.41. The van der Waals surface area contributed by atoms with E-state index >= 15 is 0 Å². The lowest BCUT2D eigenvalue weighted by atomic mass is 9.89. The monoisotopic (exact) mass is 457 g/mol. The number of hydrogen-bond acceptors (Lipinski definition) is 4. The number of benzene rings is 1. The van der Waals surface area contributed by atoms with Crippen molar-refractivity contribution in [3.8, 4) is 0 Å². The topological polar surface area (TPSA) is 73.5 Å². The van der Waals surface area contributed by atoms with Crippen LogP contribution in [0, 0.1) is 0 Å². The Bertz CT molecular complexity index is 1180. The molecule has 0 bridgehead atoms. The quantitative estimate of drug-likeness (QED) is 0.630. The molecule has 0 aliphatic carbocycles. The molecule has 0 saturated carbocycles. The van der Waals surface area contributed by atoms with Crippen molar-refractivity contribution in [2.45, 2.75) is 42.2 Å². The number of aromatic nitrogens is 1. The Morgan fingerprint density at radius 1 is 1.03 bits per heavy atom. The molecule has 6 nitrogen and oxygen atoms in total. The molecule has 4 heterocycles. The van der Waals surface area contributed by atoms with Gasteiger partial charge in [0.1, 0.15) is 4.21 Å². The van der Waals surface area contributed by atoms with Crippen LogP contribution in [0.3, 0.4) is 0 Å². The van der Waals surface area contributed by atoms with Crippen molar-refractivity contribution in [3.05, 3.63) is 53.0 Å². The third-order valence-electron chi connectivity index (χ3n) is 6.53. The van der Waals surface area contributed by atoms with Gasteiger partial charge in [0, 0.05) is 48.2 Å². The summed E-state index contributed by atoms with van der Waals surface area (Å²) in [6.07, 6.45) is 6.13. The summed E-state index contributed by atoms with van der Waals surface area (Å²) in [4.78, 5) is 19.0. The Morgan fingerprint density at radius 3 is 2.55 bits per heavy atom. The lowest BCUT2D eigenvalue weighted by Gasteiger charge is -2.32.